The highest BCUT2D eigenvalue weighted by Crippen LogP contribution is 2.34. The fourth-order valence-electron chi connectivity index (χ4n) is 3.77. The lowest BCUT2D eigenvalue weighted by atomic mass is 9.95. The van der Waals surface area contributed by atoms with Gasteiger partial charge in [-0.05, 0) is 46.7 Å². The molecule has 0 spiro atoms. The van der Waals surface area contributed by atoms with Crippen LogP contribution in [0.15, 0.2) is 71.2 Å². The van der Waals surface area contributed by atoms with E-state index in [0.717, 1.165) is 15.6 Å². The summed E-state index contributed by atoms with van der Waals surface area (Å²) in [6, 6.07) is 17.1. The number of aromatic hydroxyl groups is 1. The van der Waals surface area contributed by atoms with Crippen molar-refractivity contribution in [1.29, 1.82) is 10.8 Å². The minimum atomic E-state index is -1.22. The first-order valence-electron chi connectivity index (χ1n) is 10.5. The Balaban J connectivity index is 1.55. The highest BCUT2D eigenvalue weighted by molar-refractivity contribution is 7.17. The van der Waals surface area contributed by atoms with Gasteiger partial charge in [-0.15, -0.1) is 11.3 Å². The molecule has 0 fully saturated rings. The smallest absolute Gasteiger partial charge is 0.228 e. The Morgan fingerprint density at radius 3 is 2.74 bits per heavy atom. The van der Waals surface area contributed by atoms with Crippen LogP contribution < -0.4 is 10.1 Å². The second-order valence-corrected chi connectivity index (χ2v) is 8.59. The van der Waals surface area contributed by atoms with E-state index < -0.39 is 11.8 Å². The number of carbonyl (C=O) groups excluding carboxylic acids is 2. The molecule has 0 saturated heterocycles. The van der Waals surface area contributed by atoms with Gasteiger partial charge >= 0.3 is 0 Å². The molecule has 9 heteroatoms. The Kier molecular flexibility index (Phi) is 6.85. The van der Waals surface area contributed by atoms with Crippen molar-refractivity contribution < 1.29 is 19.4 Å². The van der Waals surface area contributed by atoms with E-state index in [1.807, 2.05) is 35.7 Å². The lowest BCUT2D eigenvalue weighted by Crippen LogP contribution is -2.15. The van der Waals surface area contributed by atoms with Crippen molar-refractivity contribution in [3.63, 3.8) is 0 Å². The van der Waals surface area contributed by atoms with Crippen molar-refractivity contribution >= 4 is 38.8 Å². The van der Waals surface area contributed by atoms with Gasteiger partial charge in [-0.2, -0.15) is 10.4 Å². The molecule has 4 aromatic rings. The van der Waals surface area contributed by atoms with Gasteiger partial charge in [-0.25, -0.2) is 5.53 Å². The van der Waals surface area contributed by atoms with Crippen molar-refractivity contribution in [3.8, 4) is 17.6 Å². The highest BCUT2D eigenvalue weighted by Gasteiger charge is 2.26. The summed E-state index contributed by atoms with van der Waals surface area (Å²) in [6.07, 6.45) is 0.208. The highest BCUT2D eigenvalue weighted by atomic mass is 32.1. The molecule has 35 heavy (non-hydrogen) atoms. The van der Waals surface area contributed by atoms with Crippen molar-refractivity contribution in [2.75, 3.05) is 12.4 Å². The Morgan fingerprint density at radius 2 is 2.00 bits per heavy atom. The number of anilines is 1. The van der Waals surface area contributed by atoms with Gasteiger partial charge in [0.05, 0.1) is 19.1 Å². The topological polar surface area (TPSA) is 136 Å². The van der Waals surface area contributed by atoms with E-state index in [1.165, 1.54) is 25.3 Å². The van der Waals surface area contributed by atoms with Gasteiger partial charge in [0.25, 0.3) is 0 Å². The largest absolute Gasteiger partial charge is 0.507 e. The predicted molar refractivity (Wildman–Crippen MR) is 132 cm³/mol. The molecule has 1 aromatic heterocycles. The summed E-state index contributed by atoms with van der Waals surface area (Å²) in [5.74, 6) is -0.695. The summed E-state index contributed by atoms with van der Waals surface area (Å²) in [6.45, 7) is 0. The number of phenols is 1. The molecule has 1 amide bonds. The number of amides is 1. The normalized spacial score (nSPS) is 11.4. The number of thiophene rings is 1. The number of Topliss-reactive ketones (excluding diaryl/α,β-unsaturated/α-hetero) is 1. The molecule has 174 valence electrons. The zero-order valence-corrected chi connectivity index (χ0v) is 19.4. The molecule has 0 bridgehead atoms. The summed E-state index contributed by atoms with van der Waals surface area (Å²) in [7, 11) is 1.42. The van der Waals surface area contributed by atoms with Gasteiger partial charge in [-0.3, -0.25) is 9.59 Å². The maximum atomic E-state index is 13.0. The van der Waals surface area contributed by atoms with Crippen molar-refractivity contribution in [3.05, 3.63) is 88.3 Å². The molecule has 0 radical (unpaired) electrons. The molecule has 3 aromatic carbocycles. The molecule has 1 atom stereocenters. The Labute approximate surface area is 204 Å². The maximum absolute atomic E-state index is 13.0. The van der Waals surface area contributed by atoms with Crippen LogP contribution in [0.1, 0.15) is 33.1 Å². The Hall–Kier alpha value is -4.55. The van der Waals surface area contributed by atoms with Crippen molar-refractivity contribution in [2.24, 2.45) is 5.11 Å². The molecular weight excluding hydrogens is 464 g/mol. The second-order valence-electron chi connectivity index (χ2n) is 7.68. The number of nitriles is 1. The number of fused-ring (bicyclic) bond motifs is 1. The molecule has 3 N–H and O–H groups in total. The Bertz CT molecular complexity index is 1490. The van der Waals surface area contributed by atoms with Gasteiger partial charge < -0.3 is 15.2 Å². The number of ether oxygens (including phenoxy) is 1. The van der Waals surface area contributed by atoms with E-state index in [9.17, 15) is 14.7 Å². The number of hydrogen-bond donors (Lipinski definition) is 3. The van der Waals surface area contributed by atoms with E-state index in [4.69, 9.17) is 15.5 Å². The standard InChI is InChI=1S/C26H20N4O4S/c1-34-22-12-18(29-24(32)11-17-14-35-23-5-3-2-4-19(17)23)7-8-20(22)25(30-28)26(33)15-6-9-21(31)16(10-15)13-27/h2-10,12,14,25,28,31H,11H2,1H3,(H,29,32). The average molecular weight is 485 g/mol. The number of phenolic OH excluding ortho intramolecular Hbond substituents is 1. The van der Waals surface area contributed by atoms with Crippen molar-refractivity contribution in [2.45, 2.75) is 12.5 Å². The summed E-state index contributed by atoms with van der Waals surface area (Å²) in [5.41, 5.74) is 9.42. The van der Waals surface area contributed by atoms with E-state index in [1.54, 1.807) is 29.5 Å². The number of rotatable bonds is 8. The van der Waals surface area contributed by atoms with Gasteiger partial charge in [0.1, 0.15) is 17.6 Å². The number of methoxy groups -OCH3 is 1. The molecule has 4 rings (SSSR count). The Morgan fingerprint density at radius 1 is 1.20 bits per heavy atom. The van der Waals surface area contributed by atoms with Gasteiger partial charge in [0.2, 0.25) is 5.91 Å². The maximum Gasteiger partial charge on any atom is 0.228 e. The molecule has 0 aliphatic rings. The zero-order chi connectivity index (χ0) is 24.9. The summed E-state index contributed by atoms with van der Waals surface area (Å²) >= 11 is 1.59. The summed E-state index contributed by atoms with van der Waals surface area (Å²) < 4.78 is 6.54. The second kappa shape index (κ2) is 10.2. The first-order valence-corrected chi connectivity index (χ1v) is 11.4. The summed E-state index contributed by atoms with van der Waals surface area (Å²) in [5, 5.41) is 28.2. The minimum absolute atomic E-state index is 0.0528. The molecule has 8 nitrogen and oxygen atoms in total. The fraction of sp³-hybridized carbons (Fsp3) is 0.115. The van der Waals surface area contributed by atoms with Crippen LogP contribution in [0.4, 0.5) is 5.69 Å². The SMILES string of the molecule is COc1cc(NC(=O)Cc2csc3ccccc23)ccc1C(N=N)C(=O)c1ccc(O)c(C#N)c1. The van der Waals surface area contributed by atoms with Crippen LogP contribution in [0, 0.1) is 16.9 Å². The molecule has 1 unspecified atom stereocenters. The minimum Gasteiger partial charge on any atom is -0.507 e. The monoisotopic (exact) mass is 484 g/mol. The number of nitrogens with zero attached hydrogens (tertiary/aromatic N) is 2. The van der Waals surface area contributed by atoms with Crippen LogP contribution >= 0.6 is 11.3 Å². The van der Waals surface area contributed by atoms with Crippen LogP contribution in [0.5, 0.6) is 11.5 Å². The van der Waals surface area contributed by atoms with E-state index in [2.05, 4.69) is 10.4 Å². The number of carbonyl (C=O) groups is 2. The lowest BCUT2D eigenvalue weighted by molar-refractivity contribution is -0.115. The van der Waals surface area contributed by atoms with Crippen LogP contribution in [-0.2, 0) is 11.2 Å². The number of hydrogen-bond acceptors (Lipinski definition) is 8. The quantitative estimate of drug-likeness (QED) is 0.220. The fourth-order valence-corrected chi connectivity index (χ4v) is 4.73. The van der Waals surface area contributed by atoms with E-state index in [-0.39, 0.29) is 35.0 Å². The van der Waals surface area contributed by atoms with Gasteiger partial charge in [-0.1, -0.05) is 24.3 Å². The number of ketones is 1. The number of nitrogens with one attached hydrogen (secondary N) is 2. The average Bonchev–Trinajstić information content (AvgIpc) is 3.27. The van der Waals surface area contributed by atoms with Crippen molar-refractivity contribution in [1.82, 2.24) is 0 Å². The lowest BCUT2D eigenvalue weighted by Gasteiger charge is -2.16. The zero-order valence-electron chi connectivity index (χ0n) is 18.6. The van der Waals surface area contributed by atoms with E-state index >= 15 is 0 Å². The van der Waals surface area contributed by atoms with Crippen LogP contribution in [0.2, 0.25) is 0 Å². The third kappa shape index (κ3) is 4.88. The first-order chi connectivity index (χ1) is 16.9. The predicted octanol–water partition coefficient (Wildman–Crippen LogP) is 5.62. The van der Waals surface area contributed by atoms with Crippen LogP contribution in [-0.4, -0.2) is 23.9 Å². The molecular formula is C26H20N4O4S. The molecule has 0 saturated carbocycles. The third-order valence-corrected chi connectivity index (χ3v) is 6.52. The molecule has 1 heterocycles. The van der Waals surface area contributed by atoms with Gasteiger partial charge in [0, 0.05) is 27.6 Å². The number of benzene rings is 3. The van der Waals surface area contributed by atoms with Crippen LogP contribution in [0.3, 0.4) is 0 Å². The van der Waals surface area contributed by atoms with Gasteiger partial charge in [0.15, 0.2) is 11.8 Å². The molecule has 0 aliphatic carbocycles. The summed E-state index contributed by atoms with van der Waals surface area (Å²) in [4.78, 5) is 25.7. The molecule has 0 aliphatic heterocycles. The van der Waals surface area contributed by atoms with Crippen LogP contribution in [0.25, 0.3) is 10.1 Å². The van der Waals surface area contributed by atoms with E-state index in [0.29, 0.717) is 11.3 Å². The third-order valence-electron chi connectivity index (χ3n) is 5.50. The first kappa shape index (κ1) is 23.6.